The number of carbonyl (C=O) groups is 1. The molecule has 1 fully saturated rings. The minimum absolute atomic E-state index is 0.0211. The van der Waals surface area contributed by atoms with Gasteiger partial charge in [-0.15, -0.1) is 11.3 Å². The Morgan fingerprint density at radius 1 is 1.31 bits per heavy atom. The molecule has 1 aromatic carbocycles. The highest BCUT2D eigenvalue weighted by atomic mass is 32.1. The summed E-state index contributed by atoms with van der Waals surface area (Å²) < 4.78 is 0. The summed E-state index contributed by atoms with van der Waals surface area (Å²) in [6, 6.07) is 4.74. The number of nitrogens with one attached hydrogen (secondary N) is 1. The van der Waals surface area contributed by atoms with E-state index in [1.54, 1.807) is 12.1 Å². The highest BCUT2D eigenvalue weighted by Gasteiger charge is 2.25. The number of rotatable bonds is 4. The normalized spacial score (nSPS) is 17.8. The van der Waals surface area contributed by atoms with Crippen molar-refractivity contribution < 1.29 is 9.72 Å². The molecule has 3 heterocycles. The zero-order chi connectivity index (χ0) is 20.5. The first-order chi connectivity index (χ1) is 13.9. The number of nitro benzene ring substituents is 1. The fourth-order valence-electron chi connectivity index (χ4n) is 3.87. The molecule has 0 unspecified atom stereocenters. The molecule has 2 aliphatic rings. The second-order valence-corrected chi connectivity index (χ2v) is 9.04. The van der Waals surface area contributed by atoms with Gasteiger partial charge in [0.2, 0.25) is 0 Å². The number of hydrogen-bond acceptors (Lipinski definition) is 7. The third kappa shape index (κ3) is 4.25. The van der Waals surface area contributed by atoms with E-state index in [2.05, 4.69) is 29.2 Å². The van der Waals surface area contributed by atoms with Gasteiger partial charge in [-0.05, 0) is 37.9 Å². The number of hydrogen-bond donors (Lipinski definition) is 1. The fourth-order valence-corrected chi connectivity index (χ4v) is 4.96. The highest BCUT2D eigenvalue weighted by Crippen LogP contribution is 2.33. The summed E-state index contributed by atoms with van der Waals surface area (Å²) >= 11 is 1.47. The van der Waals surface area contributed by atoms with Gasteiger partial charge < -0.3 is 9.80 Å². The average molecular weight is 416 g/mol. The molecule has 1 aromatic heterocycles. The highest BCUT2D eigenvalue weighted by molar-refractivity contribution is 7.15. The third-order valence-electron chi connectivity index (χ3n) is 5.70. The first kappa shape index (κ1) is 19.8. The van der Waals surface area contributed by atoms with E-state index in [-0.39, 0.29) is 17.2 Å². The van der Waals surface area contributed by atoms with E-state index in [1.165, 1.54) is 17.4 Å². The van der Waals surface area contributed by atoms with Crippen molar-refractivity contribution in [1.29, 1.82) is 0 Å². The van der Waals surface area contributed by atoms with Crippen LogP contribution >= 0.6 is 11.3 Å². The lowest BCUT2D eigenvalue weighted by atomic mass is 9.98. The number of carbonyl (C=O) groups excluding carboxylic acids is 1. The van der Waals surface area contributed by atoms with Gasteiger partial charge in [0, 0.05) is 49.1 Å². The number of fused-ring (bicyclic) bond motifs is 1. The quantitative estimate of drug-likeness (QED) is 0.607. The van der Waals surface area contributed by atoms with Crippen LogP contribution in [0.4, 0.5) is 16.5 Å². The topological polar surface area (TPSA) is 91.6 Å². The number of nitrogens with zero attached hydrogens (tertiary/aromatic N) is 4. The Morgan fingerprint density at radius 2 is 2.07 bits per heavy atom. The molecule has 0 saturated carbocycles. The van der Waals surface area contributed by atoms with Gasteiger partial charge >= 0.3 is 0 Å². The Morgan fingerprint density at radius 3 is 2.79 bits per heavy atom. The predicted octanol–water partition coefficient (Wildman–Crippen LogP) is 3.53. The van der Waals surface area contributed by atoms with E-state index >= 15 is 0 Å². The molecule has 1 saturated heterocycles. The van der Waals surface area contributed by atoms with Crippen molar-refractivity contribution in [2.45, 2.75) is 32.7 Å². The Balaban J connectivity index is 1.53. The third-order valence-corrected chi connectivity index (χ3v) is 6.70. The van der Waals surface area contributed by atoms with E-state index in [9.17, 15) is 14.9 Å². The zero-order valence-corrected chi connectivity index (χ0v) is 17.5. The smallest absolute Gasteiger partial charge is 0.293 e. The van der Waals surface area contributed by atoms with Crippen molar-refractivity contribution in [3.05, 3.63) is 44.4 Å². The molecule has 0 atom stereocenters. The lowest BCUT2D eigenvalue weighted by Crippen LogP contribution is -2.33. The summed E-state index contributed by atoms with van der Waals surface area (Å²) in [6.45, 7) is 5.58. The molecular weight excluding hydrogens is 390 g/mol. The van der Waals surface area contributed by atoms with Gasteiger partial charge in [0.25, 0.3) is 11.6 Å². The number of nitro groups is 1. The summed E-state index contributed by atoms with van der Waals surface area (Å²) in [6.07, 6.45) is 2.90. The Labute approximate surface area is 173 Å². The number of amides is 1. The largest absolute Gasteiger partial charge is 0.366 e. The summed E-state index contributed by atoms with van der Waals surface area (Å²) in [5, 5.41) is 15.0. The van der Waals surface area contributed by atoms with E-state index < -0.39 is 4.92 Å². The summed E-state index contributed by atoms with van der Waals surface area (Å²) in [7, 11) is 2.06. The standard InChI is InChI=1S/C20H25N5O3S/c1-13-5-9-24(10-6-13)16-4-3-14(11-17(16)25(27)28)19(26)22-20-21-15-7-8-23(2)12-18(15)29-20/h3-4,11,13H,5-10,12H2,1-2H3,(H,21,22,26). The second-order valence-electron chi connectivity index (χ2n) is 7.96. The molecule has 9 heteroatoms. The van der Waals surface area contributed by atoms with Crippen molar-refractivity contribution >= 4 is 33.8 Å². The molecular formula is C20H25N5O3S. The molecule has 2 aromatic rings. The molecule has 154 valence electrons. The van der Waals surface area contributed by atoms with E-state index in [4.69, 9.17) is 0 Å². The minimum Gasteiger partial charge on any atom is -0.366 e. The monoisotopic (exact) mass is 415 g/mol. The van der Waals surface area contributed by atoms with Crippen molar-refractivity contribution in [2.24, 2.45) is 5.92 Å². The first-order valence-corrected chi connectivity index (χ1v) is 10.7. The van der Waals surface area contributed by atoms with Gasteiger partial charge in [-0.2, -0.15) is 0 Å². The fraction of sp³-hybridized carbons (Fsp3) is 0.500. The Hall–Kier alpha value is -2.52. The second kappa shape index (κ2) is 8.08. The van der Waals surface area contributed by atoms with Gasteiger partial charge in [-0.1, -0.05) is 6.92 Å². The number of likely N-dealkylation sites (N-methyl/N-ethyl adjacent to an activating group) is 1. The molecule has 29 heavy (non-hydrogen) atoms. The van der Waals surface area contributed by atoms with Crippen LogP contribution in [0, 0.1) is 16.0 Å². The van der Waals surface area contributed by atoms with Gasteiger partial charge in [-0.25, -0.2) is 4.98 Å². The summed E-state index contributed by atoms with van der Waals surface area (Å²) in [4.78, 5) is 33.9. The van der Waals surface area contributed by atoms with E-state index in [0.717, 1.165) is 56.0 Å². The maximum absolute atomic E-state index is 12.7. The molecule has 0 bridgehead atoms. The Bertz CT molecular complexity index is 936. The maximum Gasteiger partial charge on any atom is 0.293 e. The predicted molar refractivity (Wildman–Crippen MR) is 114 cm³/mol. The van der Waals surface area contributed by atoms with Crippen LogP contribution in [0.25, 0.3) is 0 Å². The molecule has 8 nitrogen and oxygen atoms in total. The van der Waals surface area contributed by atoms with Crippen LogP contribution in [0.5, 0.6) is 0 Å². The number of anilines is 2. The van der Waals surface area contributed by atoms with Crippen LogP contribution in [0.1, 0.15) is 40.7 Å². The molecule has 1 N–H and O–H groups in total. The SMILES string of the molecule is CC1CCN(c2ccc(C(=O)Nc3nc4c(s3)CN(C)CC4)cc2[N+](=O)[O-])CC1. The average Bonchev–Trinajstić information content (AvgIpc) is 3.09. The molecule has 0 radical (unpaired) electrons. The number of benzene rings is 1. The summed E-state index contributed by atoms with van der Waals surface area (Å²) in [5.41, 5.74) is 1.87. The van der Waals surface area contributed by atoms with Crippen LogP contribution in [0.3, 0.4) is 0 Å². The Kier molecular flexibility index (Phi) is 5.51. The van der Waals surface area contributed by atoms with Crippen LogP contribution in [-0.4, -0.2) is 47.4 Å². The molecule has 1 amide bonds. The van der Waals surface area contributed by atoms with E-state index in [1.807, 2.05) is 4.90 Å². The van der Waals surface area contributed by atoms with Gasteiger partial charge in [0.15, 0.2) is 5.13 Å². The van der Waals surface area contributed by atoms with Crippen LogP contribution in [-0.2, 0) is 13.0 Å². The molecule has 0 aliphatic carbocycles. The van der Waals surface area contributed by atoms with Crippen molar-refractivity contribution in [3.8, 4) is 0 Å². The number of aromatic nitrogens is 1. The lowest BCUT2D eigenvalue weighted by Gasteiger charge is -2.31. The van der Waals surface area contributed by atoms with Crippen molar-refractivity contribution in [3.63, 3.8) is 0 Å². The van der Waals surface area contributed by atoms with Gasteiger partial charge in [0.1, 0.15) is 5.69 Å². The number of thiazole rings is 1. The minimum atomic E-state index is -0.401. The van der Waals surface area contributed by atoms with Crippen LogP contribution in [0.2, 0.25) is 0 Å². The maximum atomic E-state index is 12.7. The number of piperidine rings is 1. The van der Waals surface area contributed by atoms with Crippen LogP contribution in [0.15, 0.2) is 18.2 Å². The summed E-state index contributed by atoms with van der Waals surface area (Å²) in [5.74, 6) is 0.269. The van der Waals surface area contributed by atoms with E-state index in [0.29, 0.717) is 16.7 Å². The first-order valence-electron chi connectivity index (χ1n) is 9.92. The van der Waals surface area contributed by atoms with Crippen molar-refractivity contribution in [1.82, 2.24) is 9.88 Å². The zero-order valence-electron chi connectivity index (χ0n) is 16.7. The van der Waals surface area contributed by atoms with Gasteiger partial charge in [-0.3, -0.25) is 20.2 Å². The van der Waals surface area contributed by atoms with Crippen LogP contribution < -0.4 is 10.2 Å². The molecule has 0 spiro atoms. The lowest BCUT2D eigenvalue weighted by molar-refractivity contribution is -0.384. The molecule has 4 rings (SSSR count). The van der Waals surface area contributed by atoms with Gasteiger partial charge in [0.05, 0.1) is 10.6 Å². The van der Waals surface area contributed by atoms with Crippen molar-refractivity contribution in [2.75, 3.05) is 36.9 Å². The molecule has 2 aliphatic heterocycles.